The molecule has 1 aliphatic heterocycles. The second kappa shape index (κ2) is 7.88. The number of furan rings is 1. The lowest BCUT2D eigenvalue weighted by Crippen LogP contribution is -2.41. The van der Waals surface area contributed by atoms with Gasteiger partial charge in [0.2, 0.25) is 11.8 Å². The molecule has 2 aromatic rings. The quantitative estimate of drug-likeness (QED) is 0.832. The molecule has 2 heterocycles. The third-order valence-corrected chi connectivity index (χ3v) is 5.25. The molecule has 3 amide bonds. The molecule has 28 heavy (non-hydrogen) atoms. The lowest BCUT2D eigenvalue weighted by atomic mass is 9.95. The van der Waals surface area contributed by atoms with Crippen LogP contribution in [0.25, 0.3) is 0 Å². The number of amides is 3. The summed E-state index contributed by atoms with van der Waals surface area (Å²) in [5.41, 5.74) is 1.43. The third-order valence-electron chi connectivity index (χ3n) is 5.25. The first-order valence-electron chi connectivity index (χ1n) is 9.65. The van der Waals surface area contributed by atoms with Gasteiger partial charge in [-0.1, -0.05) is 0 Å². The highest BCUT2D eigenvalue weighted by Crippen LogP contribution is 2.30. The minimum atomic E-state index is -0.132. The average molecular weight is 381 g/mol. The smallest absolute Gasteiger partial charge is 0.289 e. The molecule has 2 aliphatic rings. The van der Waals surface area contributed by atoms with Gasteiger partial charge in [0.25, 0.3) is 5.91 Å². The highest BCUT2D eigenvalue weighted by Gasteiger charge is 2.30. The maximum atomic E-state index is 12.5. The summed E-state index contributed by atoms with van der Waals surface area (Å²) in [4.78, 5) is 38.3. The Morgan fingerprint density at radius 1 is 0.821 bits per heavy atom. The van der Waals surface area contributed by atoms with E-state index in [9.17, 15) is 14.4 Å². The summed E-state index contributed by atoms with van der Waals surface area (Å²) in [5.74, 6) is 0.247. The topological polar surface area (TPSA) is 91.7 Å². The van der Waals surface area contributed by atoms with Crippen LogP contribution in [0.3, 0.4) is 0 Å². The molecule has 0 spiro atoms. The van der Waals surface area contributed by atoms with Crippen LogP contribution in [0.4, 0.5) is 11.4 Å². The van der Waals surface area contributed by atoms with E-state index in [0.29, 0.717) is 37.4 Å². The van der Waals surface area contributed by atoms with Gasteiger partial charge in [0.05, 0.1) is 6.26 Å². The van der Waals surface area contributed by atoms with Crippen LogP contribution in [0, 0.1) is 11.8 Å². The fourth-order valence-corrected chi connectivity index (χ4v) is 3.37. The summed E-state index contributed by atoms with van der Waals surface area (Å²) >= 11 is 0. The fourth-order valence-electron chi connectivity index (χ4n) is 3.37. The van der Waals surface area contributed by atoms with Crippen LogP contribution in [0.2, 0.25) is 0 Å². The Kier molecular flexibility index (Phi) is 5.14. The molecule has 2 N–H and O–H groups in total. The van der Waals surface area contributed by atoms with Crippen LogP contribution in [-0.4, -0.2) is 35.7 Å². The number of anilines is 2. The SMILES string of the molecule is O=C(Nc1ccc(NC(=O)C2CCN(C(=O)c3ccco3)CC2)cc1)C1CC1. The summed E-state index contributed by atoms with van der Waals surface area (Å²) < 4.78 is 5.16. The molecule has 0 unspecified atom stereocenters. The van der Waals surface area contributed by atoms with Gasteiger partial charge < -0.3 is 20.0 Å². The van der Waals surface area contributed by atoms with Crippen molar-refractivity contribution in [2.45, 2.75) is 25.7 Å². The van der Waals surface area contributed by atoms with Crippen molar-refractivity contribution < 1.29 is 18.8 Å². The number of piperidine rings is 1. The Morgan fingerprint density at radius 2 is 1.36 bits per heavy atom. The predicted molar refractivity (Wildman–Crippen MR) is 104 cm³/mol. The molecule has 4 rings (SSSR count). The van der Waals surface area contributed by atoms with E-state index in [1.54, 1.807) is 41.3 Å². The molecule has 2 fully saturated rings. The Bertz CT molecular complexity index is 848. The molecule has 0 atom stereocenters. The predicted octanol–water partition coefficient (Wildman–Crippen LogP) is 3.12. The highest BCUT2D eigenvalue weighted by molar-refractivity contribution is 5.96. The Hall–Kier alpha value is -3.09. The lowest BCUT2D eigenvalue weighted by molar-refractivity contribution is -0.121. The highest BCUT2D eigenvalue weighted by atomic mass is 16.3. The molecular weight excluding hydrogens is 358 g/mol. The van der Waals surface area contributed by atoms with Crippen LogP contribution in [-0.2, 0) is 9.59 Å². The van der Waals surface area contributed by atoms with Crippen molar-refractivity contribution in [1.29, 1.82) is 0 Å². The maximum Gasteiger partial charge on any atom is 0.289 e. The lowest BCUT2D eigenvalue weighted by Gasteiger charge is -2.30. The second-order valence-corrected chi connectivity index (χ2v) is 7.37. The van der Waals surface area contributed by atoms with E-state index < -0.39 is 0 Å². The first-order chi connectivity index (χ1) is 13.6. The number of rotatable bonds is 5. The fraction of sp³-hybridized carbons (Fsp3) is 0.381. The van der Waals surface area contributed by atoms with Crippen molar-refractivity contribution in [3.05, 3.63) is 48.4 Å². The van der Waals surface area contributed by atoms with E-state index in [1.165, 1.54) is 6.26 Å². The van der Waals surface area contributed by atoms with Crippen LogP contribution in [0.1, 0.15) is 36.2 Å². The largest absolute Gasteiger partial charge is 0.459 e. The van der Waals surface area contributed by atoms with Gasteiger partial charge in [-0.15, -0.1) is 0 Å². The molecule has 1 aromatic heterocycles. The van der Waals surface area contributed by atoms with Crippen LogP contribution < -0.4 is 10.6 Å². The summed E-state index contributed by atoms with van der Waals surface area (Å²) in [6.45, 7) is 1.06. The minimum absolute atomic E-state index is 0.0418. The number of nitrogens with zero attached hydrogens (tertiary/aromatic N) is 1. The zero-order valence-electron chi connectivity index (χ0n) is 15.5. The monoisotopic (exact) mass is 381 g/mol. The molecule has 146 valence electrons. The van der Waals surface area contributed by atoms with Gasteiger partial charge in [0.1, 0.15) is 0 Å². The molecule has 7 nitrogen and oxygen atoms in total. The average Bonchev–Trinajstić information content (AvgIpc) is 3.43. The third kappa shape index (κ3) is 4.24. The van der Waals surface area contributed by atoms with Crippen molar-refractivity contribution in [3.8, 4) is 0 Å². The molecule has 1 aliphatic carbocycles. The normalized spacial score (nSPS) is 17.2. The van der Waals surface area contributed by atoms with Crippen molar-refractivity contribution in [2.75, 3.05) is 23.7 Å². The van der Waals surface area contributed by atoms with E-state index in [2.05, 4.69) is 10.6 Å². The number of nitrogens with one attached hydrogen (secondary N) is 2. The van der Waals surface area contributed by atoms with Gasteiger partial charge in [-0.25, -0.2) is 0 Å². The van der Waals surface area contributed by atoms with Gasteiger partial charge in [0.15, 0.2) is 5.76 Å². The Labute approximate surface area is 163 Å². The van der Waals surface area contributed by atoms with Crippen molar-refractivity contribution in [3.63, 3.8) is 0 Å². The van der Waals surface area contributed by atoms with Crippen molar-refractivity contribution in [2.24, 2.45) is 11.8 Å². The first-order valence-corrected chi connectivity index (χ1v) is 9.65. The number of benzene rings is 1. The standard InChI is InChI=1S/C21H23N3O4/c25-19(14-3-4-14)22-16-5-7-17(8-6-16)23-20(26)15-9-11-24(12-10-15)21(27)18-2-1-13-28-18/h1-2,5-8,13-15H,3-4,9-12H2,(H,22,25)(H,23,26). The molecule has 1 saturated carbocycles. The molecular formula is C21H23N3O4. The number of carbonyl (C=O) groups is 3. The maximum absolute atomic E-state index is 12.5. The van der Waals surface area contributed by atoms with Crippen molar-refractivity contribution in [1.82, 2.24) is 4.90 Å². The van der Waals surface area contributed by atoms with Gasteiger partial charge in [-0.05, 0) is 62.1 Å². The molecule has 7 heteroatoms. The summed E-state index contributed by atoms with van der Waals surface area (Å²) in [6.07, 6.45) is 4.65. The molecule has 1 saturated heterocycles. The number of likely N-dealkylation sites (tertiary alicyclic amines) is 1. The van der Waals surface area contributed by atoms with E-state index >= 15 is 0 Å². The molecule has 1 aromatic carbocycles. The molecule has 0 bridgehead atoms. The first kappa shape index (κ1) is 18.3. The van der Waals surface area contributed by atoms with E-state index in [0.717, 1.165) is 18.5 Å². The van der Waals surface area contributed by atoms with E-state index in [1.807, 2.05) is 0 Å². The van der Waals surface area contributed by atoms with Crippen LogP contribution in [0.5, 0.6) is 0 Å². The summed E-state index contributed by atoms with van der Waals surface area (Å²) in [7, 11) is 0. The zero-order valence-corrected chi connectivity index (χ0v) is 15.5. The summed E-state index contributed by atoms with van der Waals surface area (Å²) in [6, 6.07) is 10.5. The van der Waals surface area contributed by atoms with Crippen molar-refractivity contribution >= 4 is 29.1 Å². The number of hydrogen-bond acceptors (Lipinski definition) is 4. The summed E-state index contributed by atoms with van der Waals surface area (Å²) in [5, 5.41) is 5.80. The minimum Gasteiger partial charge on any atom is -0.459 e. The van der Waals surface area contributed by atoms with Gasteiger partial charge in [-0.3, -0.25) is 14.4 Å². The van der Waals surface area contributed by atoms with Crippen LogP contribution in [0.15, 0.2) is 47.1 Å². The number of carbonyl (C=O) groups excluding carboxylic acids is 3. The van der Waals surface area contributed by atoms with Gasteiger partial charge >= 0.3 is 0 Å². The number of hydrogen-bond donors (Lipinski definition) is 2. The zero-order chi connectivity index (χ0) is 19.5. The molecule has 0 radical (unpaired) electrons. The van der Waals surface area contributed by atoms with Crippen LogP contribution >= 0.6 is 0 Å². The second-order valence-electron chi connectivity index (χ2n) is 7.37. The van der Waals surface area contributed by atoms with Gasteiger partial charge in [-0.2, -0.15) is 0 Å². The Balaban J connectivity index is 1.26. The Morgan fingerprint density at radius 3 is 1.82 bits per heavy atom. The van der Waals surface area contributed by atoms with E-state index in [4.69, 9.17) is 4.42 Å². The van der Waals surface area contributed by atoms with Gasteiger partial charge in [0, 0.05) is 36.3 Å². The van der Waals surface area contributed by atoms with E-state index in [-0.39, 0.29) is 29.6 Å².